The minimum atomic E-state index is -3.90. The summed E-state index contributed by atoms with van der Waals surface area (Å²) in [7, 11) is -2.50. The molecule has 0 amide bonds. The van der Waals surface area contributed by atoms with Crippen LogP contribution >= 0.6 is 0 Å². The number of aromatic nitrogens is 1. The minimum Gasteiger partial charge on any atom is -0.320 e. The zero-order valence-electron chi connectivity index (χ0n) is 16.3. The van der Waals surface area contributed by atoms with Crippen molar-refractivity contribution in [2.75, 3.05) is 11.4 Å². The molecule has 0 atom stereocenters. The molecule has 0 aliphatic heterocycles. The number of sulfonamides is 1. The summed E-state index contributed by atoms with van der Waals surface area (Å²) < 4.78 is 27.2. The Bertz CT molecular complexity index is 1380. The molecule has 0 radical (unpaired) electrons. The fourth-order valence-corrected chi connectivity index (χ4v) is 4.32. The molecule has 0 spiro atoms. The van der Waals surface area contributed by atoms with E-state index in [4.69, 9.17) is 0 Å². The van der Waals surface area contributed by atoms with Gasteiger partial charge in [-0.1, -0.05) is 78.9 Å². The molecule has 3 aromatic carbocycles. The van der Waals surface area contributed by atoms with Crippen molar-refractivity contribution in [3.05, 3.63) is 106 Å². The number of hydrogen-bond acceptors (Lipinski definition) is 3. The fraction of sp³-hybridized carbons (Fsp3) is 0.0417. The lowest BCUT2D eigenvalue weighted by Gasteiger charge is -2.21. The largest absolute Gasteiger partial charge is 0.320 e. The average molecular weight is 417 g/mol. The molecular formula is C24H20N2O3S. The summed E-state index contributed by atoms with van der Waals surface area (Å²) >= 11 is 0. The van der Waals surface area contributed by atoms with Crippen molar-refractivity contribution in [1.29, 1.82) is 0 Å². The van der Waals surface area contributed by atoms with Crippen LogP contribution in [0.4, 0.5) is 5.69 Å². The van der Waals surface area contributed by atoms with E-state index in [1.165, 1.54) is 13.1 Å². The lowest BCUT2D eigenvalue weighted by atomic mass is 9.99. The summed E-state index contributed by atoms with van der Waals surface area (Å²) in [6.07, 6.45) is 1.52. The first kappa shape index (κ1) is 19.7. The molecule has 1 aromatic heterocycles. The summed E-state index contributed by atoms with van der Waals surface area (Å²) in [5.41, 5.74) is 2.36. The number of anilines is 1. The molecule has 0 unspecified atom stereocenters. The van der Waals surface area contributed by atoms with Gasteiger partial charge in [0.2, 0.25) is 0 Å². The molecule has 0 saturated carbocycles. The van der Waals surface area contributed by atoms with E-state index in [2.05, 4.69) is 4.98 Å². The smallest absolute Gasteiger partial charge is 0.273 e. The third-order valence-electron chi connectivity index (χ3n) is 4.89. The van der Waals surface area contributed by atoms with Gasteiger partial charge in [0.1, 0.15) is 5.69 Å². The normalized spacial score (nSPS) is 11.8. The van der Waals surface area contributed by atoms with E-state index in [1.54, 1.807) is 6.07 Å². The predicted octanol–water partition coefficient (Wildman–Crippen LogP) is 4.63. The molecule has 4 rings (SSSR count). The maximum Gasteiger partial charge on any atom is 0.273 e. The van der Waals surface area contributed by atoms with Gasteiger partial charge in [-0.3, -0.25) is 9.10 Å². The third-order valence-corrected chi connectivity index (χ3v) is 6.31. The molecule has 4 aromatic rings. The second kappa shape index (κ2) is 8.00. The van der Waals surface area contributed by atoms with E-state index in [0.717, 1.165) is 26.2 Å². The lowest BCUT2D eigenvalue weighted by Crippen LogP contribution is -2.30. The lowest BCUT2D eigenvalue weighted by molar-refractivity contribution is 0.603. The van der Waals surface area contributed by atoms with Crippen LogP contribution in [0.25, 0.3) is 28.1 Å². The van der Waals surface area contributed by atoms with Gasteiger partial charge in [-0.25, -0.2) is 8.42 Å². The van der Waals surface area contributed by atoms with Crippen LogP contribution < -0.4 is 9.86 Å². The van der Waals surface area contributed by atoms with Gasteiger partial charge in [0, 0.05) is 23.5 Å². The molecule has 1 N–H and O–H groups in total. The van der Waals surface area contributed by atoms with Crippen molar-refractivity contribution in [2.24, 2.45) is 0 Å². The highest BCUT2D eigenvalue weighted by Crippen LogP contribution is 2.34. The maximum atomic E-state index is 13.1. The molecule has 6 heteroatoms. The van der Waals surface area contributed by atoms with Crippen molar-refractivity contribution in [1.82, 2.24) is 4.98 Å². The molecule has 0 fully saturated rings. The second-order valence-electron chi connectivity index (χ2n) is 6.82. The van der Waals surface area contributed by atoms with Gasteiger partial charge in [0.25, 0.3) is 15.6 Å². The monoisotopic (exact) mass is 416 g/mol. The number of aromatic amines is 1. The molecule has 0 aliphatic carbocycles. The summed E-state index contributed by atoms with van der Waals surface area (Å²) in [6.45, 7) is 0. The van der Waals surface area contributed by atoms with Crippen molar-refractivity contribution in [3.8, 4) is 11.1 Å². The first-order valence-corrected chi connectivity index (χ1v) is 10.9. The van der Waals surface area contributed by atoms with E-state index in [9.17, 15) is 13.2 Å². The van der Waals surface area contributed by atoms with Gasteiger partial charge >= 0.3 is 0 Å². The number of nitrogens with one attached hydrogen (secondary N) is 1. The molecule has 30 heavy (non-hydrogen) atoms. The van der Waals surface area contributed by atoms with Gasteiger partial charge in [-0.15, -0.1) is 0 Å². The number of H-pyrrole nitrogens is 1. The van der Waals surface area contributed by atoms with Gasteiger partial charge in [0.05, 0.1) is 5.41 Å². The number of benzene rings is 3. The van der Waals surface area contributed by atoms with Crippen molar-refractivity contribution >= 4 is 32.7 Å². The number of nitrogens with zero attached hydrogens (tertiary/aromatic N) is 1. The standard InChI is InChI=1S/C24H20N2O3S/c1-26(30(28,29)17-16-18-10-4-2-5-11-18)23-22(19-12-6-3-7-13-19)20-14-8-9-15-21(20)25-24(23)27/h2-17H,1H3,(H,25,27). The summed E-state index contributed by atoms with van der Waals surface area (Å²) in [6, 6.07) is 25.8. The molecule has 150 valence electrons. The van der Waals surface area contributed by atoms with E-state index in [1.807, 2.05) is 78.9 Å². The first-order valence-electron chi connectivity index (χ1n) is 9.40. The van der Waals surface area contributed by atoms with Crippen LogP contribution in [0, 0.1) is 0 Å². The Hall–Kier alpha value is -3.64. The molecular weight excluding hydrogens is 396 g/mol. The fourth-order valence-electron chi connectivity index (χ4n) is 3.38. The number of fused-ring (bicyclic) bond motifs is 1. The van der Waals surface area contributed by atoms with E-state index >= 15 is 0 Å². The molecule has 1 heterocycles. The van der Waals surface area contributed by atoms with Crippen molar-refractivity contribution in [2.45, 2.75) is 0 Å². The van der Waals surface area contributed by atoms with Crippen LogP contribution in [0.3, 0.4) is 0 Å². The van der Waals surface area contributed by atoms with Crippen LogP contribution in [0.15, 0.2) is 95.1 Å². The third kappa shape index (κ3) is 3.77. The van der Waals surface area contributed by atoms with Crippen LogP contribution in [0.1, 0.15) is 5.56 Å². The highest BCUT2D eigenvalue weighted by atomic mass is 32.2. The van der Waals surface area contributed by atoms with Crippen LogP contribution in [-0.4, -0.2) is 20.4 Å². The van der Waals surface area contributed by atoms with Gasteiger partial charge in [0.15, 0.2) is 0 Å². The zero-order valence-corrected chi connectivity index (χ0v) is 17.1. The van der Waals surface area contributed by atoms with Crippen molar-refractivity contribution < 1.29 is 8.42 Å². The summed E-state index contributed by atoms with van der Waals surface area (Å²) in [5, 5.41) is 1.89. The predicted molar refractivity (Wildman–Crippen MR) is 123 cm³/mol. The maximum absolute atomic E-state index is 13.1. The van der Waals surface area contributed by atoms with Crippen molar-refractivity contribution in [3.63, 3.8) is 0 Å². The van der Waals surface area contributed by atoms with E-state index < -0.39 is 15.6 Å². The van der Waals surface area contributed by atoms with E-state index in [-0.39, 0.29) is 5.69 Å². The number of rotatable bonds is 5. The molecule has 0 bridgehead atoms. The first-order chi connectivity index (χ1) is 14.5. The molecule has 5 nitrogen and oxygen atoms in total. The molecule has 0 saturated heterocycles. The van der Waals surface area contributed by atoms with Crippen LogP contribution in [-0.2, 0) is 10.0 Å². The van der Waals surface area contributed by atoms with Crippen LogP contribution in [0.2, 0.25) is 0 Å². The summed E-state index contributed by atoms with van der Waals surface area (Å²) in [4.78, 5) is 15.8. The van der Waals surface area contributed by atoms with Crippen LogP contribution in [0.5, 0.6) is 0 Å². The quantitative estimate of drug-likeness (QED) is 0.516. The van der Waals surface area contributed by atoms with E-state index in [0.29, 0.717) is 11.1 Å². The molecule has 0 aliphatic rings. The average Bonchev–Trinajstić information content (AvgIpc) is 2.77. The Kier molecular flexibility index (Phi) is 5.25. The second-order valence-corrected chi connectivity index (χ2v) is 8.67. The highest BCUT2D eigenvalue weighted by molar-refractivity contribution is 7.95. The Labute approximate surface area is 175 Å². The number of pyridine rings is 1. The topological polar surface area (TPSA) is 70.2 Å². The minimum absolute atomic E-state index is 0.0811. The Balaban J connectivity index is 1.91. The Morgan fingerprint density at radius 3 is 2.13 bits per heavy atom. The Morgan fingerprint density at radius 1 is 0.833 bits per heavy atom. The van der Waals surface area contributed by atoms with Gasteiger partial charge in [-0.2, -0.15) is 0 Å². The number of para-hydroxylation sites is 1. The zero-order chi connectivity index (χ0) is 21.1. The van der Waals surface area contributed by atoms with Gasteiger partial charge < -0.3 is 4.98 Å². The number of hydrogen-bond donors (Lipinski definition) is 1. The Morgan fingerprint density at radius 2 is 1.43 bits per heavy atom. The van der Waals surface area contributed by atoms with Gasteiger partial charge in [-0.05, 0) is 23.3 Å². The summed E-state index contributed by atoms with van der Waals surface area (Å²) in [5.74, 6) is 0. The highest BCUT2D eigenvalue weighted by Gasteiger charge is 2.24. The SMILES string of the molecule is CN(c1c(-c2ccccc2)c2ccccc2[nH]c1=O)S(=O)(=O)C=Cc1ccccc1.